The molecule has 10 aromatic rings. The van der Waals surface area contributed by atoms with Crippen molar-refractivity contribution in [3.8, 4) is 51.6 Å². The summed E-state index contributed by atoms with van der Waals surface area (Å²) in [6, 6.07) is 60.5. The van der Waals surface area contributed by atoms with Gasteiger partial charge in [0.2, 0.25) is 5.95 Å². The van der Waals surface area contributed by atoms with Gasteiger partial charge in [-0.3, -0.25) is 4.57 Å². The number of aromatic nitrogens is 5. The maximum absolute atomic E-state index is 9.86. The first-order chi connectivity index (χ1) is 25.7. The summed E-state index contributed by atoms with van der Waals surface area (Å²) in [6.07, 6.45) is 0. The Hall–Kier alpha value is -7.36. The molecular weight excluding hydrogens is 637 g/mol. The predicted molar refractivity (Wildman–Crippen MR) is 210 cm³/mol. The first-order valence-electron chi connectivity index (χ1n) is 17.2. The highest BCUT2D eigenvalue weighted by Gasteiger charge is 2.20. The average molecular weight is 665 g/mol. The van der Waals surface area contributed by atoms with Crippen LogP contribution in [0.5, 0.6) is 0 Å². The molecule has 0 spiro atoms. The maximum atomic E-state index is 9.86. The molecule has 52 heavy (non-hydrogen) atoms. The van der Waals surface area contributed by atoms with Crippen LogP contribution in [-0.2, 0) is 0 Å². The Morgan fingerprint density at radius 1 is 0.385 bits per heavy atom. The molecule has 0 atom stereocenters. The van der Waals surface area contributed by atoms with Gasteiger partial charge in [0.25, 0.3) is 0 Å². The van der Waals surface area contributed by atoms with E-state index in [0.29, 0.717) is 23.2 Å². The van der Waals surface area contributed by atoms with Gasteiger partial charge in [-0.1, -0.05) is 115 Å². The Bertz CT molecular complexity index is 2950. The van der Waals surface area contributed by atoms with Crippen molar-refractivity contribution in [1.82, 2.24) is 24.1 Å². The summed E-state index contributed by atoms with van der Waals surface area (Å²) in [5, 5.41) is 14.2. The summed E-state index contributed by atoms with van der Waals surface area (Å²) in [7, 11) is 0. The molecule has 6 nitrogen and oxygen atoms in total. The average Bonchev–Trinajstić information content (AvgIpc) is 3.73. The zero-order valence-corrected chi connectivity index (χ0v) is 27.8. The predicted octanol–water partition coefficient (Wildman–Crippen LogP) is 10.9. The molecule has 0 fully saturated rings. The lowest BCUT2D eigenvalue weighted by atomic mass is 10.0. The first kappa shape index (κ1) is 29.5. The fourth-order valence-electron chi connectivity index (χ4n) is 7.39. The number of nitrogens with zero attached hydrogens (tertiary/aromatic N) is 6. The van der Waals surface area contributed by atoms with Crippen LogP contribution >= 0.6 is 0 Å². The van der Waals surface area contributed by atoms with E-state index >= 15 is 0 Å². The SMILES string of the molecule is N#Cc1ccc2c(c1)c1ccc(-c3ccc4c(c3)c3ccccc3n4-c3ccccc3)cc1n2-c1nc(-c2ccccc2)nc(-c2ccccc2)n1. The molecular formula is C46H28N6. The summed E-state index contributed by atoms with van der Waals surface area (Å²) >= 11 is 0. The van der Waals surface area contributed by atoms with Crippen molar-refractivity contribution in [2.24, 2.45) is 0 Å². The molecule has 0 aliphatic rings. The molecule has 242 valence electrons. The fraction of sp³-hybridized carbons (Fsp3) is 0. The van der Waals surface area contributed by atoms with Gasteiger partial charge in [0.15, 0.2) is 11.6 Å². The van der Waals surface area contributed by atoms with E-state index in [4.69, 9.17) is 15.0 Å². The molecule has 7 aromatic carbocycles. The quantitative estimate of drug-likeness (QED) is 0.184. The molecule has 10 rings (SSSR count). The lowest BCUT2D eigenvalue weighted by Crippen LogP contribution is -2.06. The minimum absolute atomic E-state index is 0.510. The molecule has 0 amide bonds. The van der Waals surface area contributed by atoms with Crippen LogP contribution in [0.15, 0.2) is 170 Å². The minimum atomic E-state index is 0.510. The molecule has 0 aliphatic heterocycles. The Labute approximate surface area is 299 Å². The zero-order chi connectivity index (χ0) is 34.6. The Morgan fingerprint density at radius 3 is 1.63 bits per heavy atom. The van der Waals surface area contributed by atoms with Crippen molar-refractivity contribution in [3.63, 3.8) is 0 Å². The van der Waals surface area contributed by atoms with Crippen molar-refractivity contribution < 1.29 is 0 Å². The first-order valence-corrected chi connectivity index (χ1v) is 17.2. The third kappa shape index (κ3) is 4.76. The number of benzene rings is 7. The third-order valence-electron chi connectivity index (χ3n) is 9.80. The molecule has 0 N–H and O–H groups in total. The van der Waals surface area contributed by atoms with Crippen molar-refractivity contribution in [1.29, 1.82) is 5.26 Å². The smallest absolute Gasteiger partial charge is 0.238 e. The summed E-state index contributed by atoms with van der Waals surface area (Å²) in [5.74, 6) is 1.69. The summed E-state index contributed by atoms with van der Waals surface area (Å²) in [5.41, 5.74) is 9.88. The number of fused-ring (bicyclic) bond motifs is 6. The second-order valence-corrected chi connectivity index (χ2v) is 12.8. The molecule has 0 aliphatic carbocycles. The fourth-order valence-corrected chi connectivity index (χ4v) is 7.39. The van der Waals surface area contributed by atoms with Crippen molar-refractivity contribution in [2.75, 3.05) is 0 Å². The van der Waals surface area contributed by atoms with Crippen LogP contribution in [0.2, 0.25) is 0 Å². The number of nitriles is 1. The summed E-state index contributed by atoms with van der Waals surface area (Å²) in [4.78, 5) is 15.1. The number of para-hydroxylation sites is 2. The van der Waals surface area contributed by atoms with Crippen LogP contribution in [0, 0.1) is 11.3 Å². The Morgan fingerprint density at radius 2 is 0.923 bits per heavy atom. The lowest BCUT2D eigenvalue weighted by Gasteiger charge is -2.11. The minimum Gasteiger partial charge on any atom is -0.309 e. The highest BCUT2D eigenvalue weighted by molar-refractivity contribution is 6.12. The molecule has 0 bridgehead atoms. The third-order valence-corrected chi connectivity index (χ3v) is 9.80. The summed E-state index contributed by atoms with van der Waals surface area (Å²) < 4.78 is 4.44. The van der Waals surface area contributed by atoms with Crippen LogP contribution in [0.4, 0.5) is 0 Å². The van der Waals surface area contributed by atoms with Crippen LogP contribution in [0.1, 0.15) is 5.56 Å². The molecule has 6 heteroatoms. The highest BCUT2D eigenvalue weighted by Crippen LogP contribution is 2.38. The Kier molecular flexibility index (Phi) is 6.76. The molecule has 0 saturated heterocycles. The van der Waals surface area contributed by atoms with Gasteiger partial charge in [0, 0.05) is 38.4 Å². The van der Waals surface area contributed by atoms with Crippen LogP contribution in [0.3, 0.4) is 0 Å². The molecule has 0 unspecified atom stereocenters. The van der Waals surface area contributed by atoms with E-state index in [9.17, 15) is 5.26 Å². The molecule has 0 radical (unpaired) electrons. The number of rotatable bonds is 5. The molecule has 3 aromatic heterocycles. The van der Waals surface area contributed by atoms with Gasteiger partial charge < -0.3 is 4.57 Å². The van der Waals surface area contributed by atoms with E-state index in [1.54, 1.807) is 0 Å². The topological polar surface area (TPSA) is 72.3 Å². The second-order valence-electron chi connectivity index (χ2n) is 12.8. The monoisotopic (exact) mass is 664 g/mol. The highest BCUT2D eigenvalue weighted by atomic mass is 15.2. The van der Waals surface area contributed by atoms with Crippen molar-refractivity contribution in [2.45, 2.75) is 0 Å². The lowest BCUT2D eigenvalue weighted by molar-refractivity contribution is 0.953. The number of hydrogen-bond donors (Lipinski definition) is 0. The van der Waals surface area contributed by atoms with Crippen molar-refractivity contribution in [3.05, 3.63) is 175 Å². The zero-order valence-electron chi connectivity index (χ0n) is 27.8. The molecule has 0 saturated carbocycles. The number of hydrogen-bond acceptors (Lipinski definition) is 4. The van der Waals surface area contributed by atoms with Gasteiger partial charge >= 0.3 is 0 Å². The largest absolute Gasteiger partial charge is 0.309 e. The van der Waals surface area contributed by atoms with Gasteiger partial charge in [-0.15, -0.1) is 0 Å². The van der Waals surface area contributed by atoms with Gasteiger partial charge in [-0.2, -0.15) is 15.2 Å². The summed E-state index contributed by atoms with van der Waals surface area (Å²) in [6.45, 7) is 0. The van der Waals surface area contributed by atoms with Gasteiger partial charge in [-0.05, 0) is 65.7 Å². The van der Waals surface area contributed by atoms with Gasteiger partial charge in [0.1, 0.15) is 0 Å². The van der Waals surface area contributed by atoms with Crippen LogP contribution in [-0.4, -0.2) is 24.1 Å². The van der Waals surface area contributed by atoms with Crippen LogP contribution in [0.25, 0.3) is 89.2 Å². The van der Waals surface area contributed by atoms with Crippen LogP contribution < -0.4 is 0 Å². The molecule has 3 heterocycles. The van der Waals surface area contributed by atoms with Gasteiger partial charge in [0.05, 0.1) is 33.7 Å². The Balaban J connectivity index is 1.22. The van der Waals surface area contributed by atoms with E-state index in [1.807, 2.05) is 84.9 Å². The normalized spacial score (nSPS) is 11.4. The van der Waals surface area contributed by atoms with E-state index in [2.05, 4.69) is 100 Å². The van der Waals surface area contributed by atoms with E-state index in [1.165, 1.54) is 16.3 Å². The van der Waals surface area contributed by atoms with E-state index in [-0.39, 0.29) is 0 Å². The maximum Gasteiger partial charge on any atom is 0.238 e. The second kappa shape index (κ2) is 11.9. The van der Waals surface area contributed by atoms with Gasteiger partial charge in [-0.25, -0.2) is 4.98 Å². The standard InChI is InChI=1S/C46H28N6/c47-29-30-20-24-42-38(26-30)37-23-21-34(33-22-25-41-39(27-33)36-18-10-11-19-40(36)51(41)35-16-8-3-9-17-35)28-43(37)52(42)46-49-44(31-12-4-1-5-13-31)48-45(50-46)32-14-6-2-7-15-32/h1-28H. The van der Waals surface area contributed by atoms with E-state index in [0.717, 1.165) is 55.3 Å². The van der Waals surface area contributed by atoms with E-state index < -0.39 is 0 Å². The van der Waals surface area contributed by atoms with Crippen molar-refractivity contribution >= 4 is 43.6 Å².